The molecule has 0 aromatic heterocycles. The van der Waals surface area contributed by atoms with E-state index in [4.69, 9.17) is 17.0 Å². The summed E-state index contributed by atoms with van der Waals surface area (Å²) in [4.78, 5) is 11.9. The van der Waals surface area contributed by atoms with Crippen molar-refractivity contribution in [3.8, 4) is 5.75 Å². The van der Waals surface area contributed by atoms with Gasteiger partial charge in [0.25, 0.3) is 0 Å². The van der Waals surface area contributed by atoms with E-state index in [9.17, 15) is 4.79 Å². The molecule has 1 fully saturated rings. The van der Waals surface area contributed by atoms with Gasteiger partial charge in [0, 0.05) is 6.04 Å². The van der Waals surface area contributed by atoms with Crippen LogP contribution in [0.5, 0.6) is 5.75 Å². The van der Waals surface area contributed by atoms with Gasteiger partial charge in [0.2, 0.25) is 5.91 Å². The Morgan fingerprint density at radius 3 is 2.84 bits per heavy atom. The molecule has 138 valence electrons. The first-order valence-corrected chi connectivity index (χ1v) is 9.41. The highest BCUT2D eigenvalue weighted by Gasteiger charge is 2.27. The minimum atomic E-state index is -0.151. The van der Waals surface area contributed by atoms with Crippen LogP contribution in [-0.2, 0) is 4.79 Å². The molecule has 2 rings (SSSR count). The predicted octanol–water partition coefficient (Wildman–Crippen LogP) is 3.08. The van der Waals surface area contributed by atoms with Crippen LogP contribution in [0.4, 0.5) is 0 Å². The van der Waals surface area contributed by atoms with Crippen molar-refractivity contribution in [2.75, 3.05) is 6.61 Å². The molecule has 1 saturated carbocycles. The number of carbonyl (C=O) groups is 1. The van der Waals surface area contributed by atoms with Gasteiger partial charge in [0.15, 0.2) is 5.11 Å². The fourth-order valence-corrected chi connectivity index (χ4v) is 3.35. The maximum atomic E-state index is 11.9. The maximum Gasteiger partial charge on any atom is 0.241 e. The van der Waals surface area contributed by atoms with Crippen molar-refractivity contribution in [1.29, 1.82) is 0 Å². The number of thiocarbonyl (C=S) groups is 1. The van der Waals surface area contributed by atoms with E-state index < -0.39 is 0 Å². The van der Waals surface area contributed by atoms with Gasteiger partial charge < -0.3 is 10.1 Å². The summed E-state index contributed by atoms with van der Waals surface area (Å²) < 4.78 is 5.57. The molecule has 0 radical (unpaired) electrons. The summed E-state index contributed by atoms with van der Waals surface area (Å²) in [6, 6.07) is 8.13. The van der Waals surface area contributed by atoms with Crippen LogP contribution < -0.4 is 20.9 Å². The van der Waals surface area contributed by atoms with E-state index in [1.165, 1.54) is 12.8 Å². The molecule has 0 bridgehead atoms. The Labute approximate surface area is 155 Å². The molecule has 0 aliphatic heterocycles. The van der Waals surface area contributed by atoms with Crippen molar-refractivity contribution in [3.63, 3.8) is 0 Å². The topological polar surface area (TPSA) is 62.4 Å². The number of hydrogen-bond acceptors (Lipinski definition) is 3. The molecule has 1 amide bonds. The van der Waals surface area contributed by atoms with E-state index in [0.29, 0.717) is 29.6 Å². The zero-order chi connectivity index (χ0) is 18.2. The number of ether oxygens (including phenoxy) is 1. The lowest BCUT2D eigenvalue weighted by Crippen LogP contribution is -2.52. The predicted molar refractivity (Wildman–Crippen MR) is 104 cm³/mol. The maximum absolute atomic E-state index is 11.9. The summed E-state index contributed by atoms with van der Waals surface area (Å²) in [6.45, 7) is 6.87. The van der Waals surface area contributed by atoms with Crippen molar-refractivity contribution < 1.29 is 9.53 Å². The van der Waals surface area contributed by atoms with Gasteiger partial charge in [-0.25, -0.2) is 0 Å². The highest BCUT2D eigenvalue weighted by molar-refractivity contribution is 7.80. The standard InChI is InChI=1S/C19H29N3O2S/c1-13-6-4-8-16(12-13)24-11-10-18(23)21-22-19(25)20-17-9-5-7-14(2)15(17)3/h4,6,8,12,14-15,17H,5,7,9-11H2,1-3H3,(H,21,23)(H2,20,22,25)/t14-,15-,17-/m0/s1. The molecule has 3 N–H and O–H groups in total. The molecule has 1 aromatic rings. The summed E-state index contributed by atoms with van der Waals surface area (Å²) in [6.07, 6.45) is 3.87. The Morgan fingerprint density at radius 1 is 1.28 bits per heavy atom. The monoisotopic (exact) mass is 363 g/mol. The average Bonchev–Trinajstić information content (AvgIpc) is 2.57. The lowest BCUT2D eigenvalue weighted by molar-refractivity contribution is -0.122. The molecular formula is C19H29N3O2S. The summed E-state index contributed by atoms with van der Waals surface area (Å²) in [5.41, 5.74) is 6.54. The second-order valence-corrected chi connectivity index (χ2v) is 7.34. The molecule has 0 heterocycles. The molecule has 0 unspecified atom stereocenters. The van der Waals surface area contributed by atoms with Crippen LogP contribution in [0.1, 0.15) is 45.1 Å². The van der Waals surface area contributed by atoms with Gasteiger partial charge in [0.05, 0.1) is 13.0 Å². The highest BCUT2D eigenvalue weighted by atomic mass is 32.1. The van der Waals surface area contributed by atoms with Gasteiger partial charge in [-0.1, -0.05) is 38.8 Å². The molecule has 1 aliphatic rings. The van der Waals surface area contributed by atoms with Gasteiger partial charge >= 0.3 is 0 Å². The number of amides is 1. The minimum absolute atomic E-state index is 0.151. The first-order chi connectivity index (χ1) is 12.0. The van der Waals surface area contributed by atoms with Crippen molar-refractivity contribution in [2.45, 2.75) is 52.5 Å². The quantitative estimate of drug-likeness (QED) is 0.554. The Kier molecular flexibility index (Phi) is 7.50. The first kappa shape index (κ1) is 19.5. The summed E-state index contributed by atoms with van der Waals surface area (Å²) in [7, 11) is 0. The van der Waals surface area contributed by atoms with Gasteiger partial charge in [-0.05, 0) is 55.1 Å². The molecule has 25 heavy (non-hydrogen) atoms. The van der Waals surface area contributed by atoms with Crippen LogP contribution >= 0.6 is 12.2 Å². The van der Waals surface area contributed by atoms with E-state index in [1.54, 1.807) is 0 Å². The van der Waals surface area contributed by atoms with Gasteiger partial charge in [-0.3, -0.25) is 15.6 Å². The Morgan fingerprint density at radius 2 is 2.08 bits per heavy atom. The Bertz CT molecular complexity index is 594. The van der Waals surface area contributed by atoms with Crippen molar-refractivity contribution in [1.82, 2.24) is 16.2 Å². The Balaban J connectivity index is 1.63. The van der Waals surface area contributed by atoms with E-state index in [0.717, 1.165) is 17.7 Å². The average molecular weight is 364 g/mol. The van der Waals surface area contributed by atoms with Crippen LogP contribution in [0, 0.1) is 18.8 Å². The zero-order valence-electron chi connectivity index (χ0n) is 15.3. The molecule has 1 aromatic carbocycles. The lowest BCUT2D eigenvalue weighted by atomic mass is 9.78. The van der Waals surface area contributed by atoms with Crippen molar-refractivity contribution in [3.05, 3.63) is 29.8 Å². The first-order valence-electron chi connectivity index (χ1n) is 9.00. The fourth-order valence-electron chi connectivity index (χ4n) is 3.15. The van der Waals surface area contributed by atoms with E-state index in [1.807, 2.05) is 31.2 Å². The third kappa shape index (κ3) is 6.53. The van der Waals surface area contributed by atoms with Crippen LogP contribution in [0.15, 0.2) is 24.3 Å². The van der Waals surface area contributed by atoms with Crippen molar-refractivity contribution >= 4 is 23.2 Å². The molecule has 6 heteroatoms. The molecule has 0 spiro atoms. The zero-order valence-corrected chi connectivity index (χ0v) is 16.1. The lowest BCUT2D eigenvalue weighted by Gasteiger charge is -2.35. The summed E-state index contributed by atoms with van der Waals surface area (Å²) in [5.74, 6) is 1.90. The van der Waals surface area contributed by atoms with Crippen LogP contribution in [0.2, 0.25) is 0 Å². The Hall–Kier alpha value is -1.82. The largest absolute Gasteiger partial charge is 0.493 e. The van der Waals surface area contributed by atoms with E-state index in [2.05, 4.69) is 30.0 Å². The summed E-state index contributed by atoms with van der Waals surface area (Å²) in [5, 5.41) is 3.79. The van der Waals surface area contributed by atoms with Gasteiger partial charge in [-0.2, -0.15) is 0 Å². The van der Waals surface area contributed by atoms with Gasteiger partial charge in [0.1, 0.15) is 5.75 Å². The molecule has 1 aliphatic carbocycles. The SMILES string of the molecule is Cc1cccc(OCCC(=O)NNC(=S)N[C@H]2CCC[C@H](C)[C@@H]2C)c1. The smallest absolute Gasteiger partial charge is 0.241 e. The molecular weight excluding hydrogens is 334 g/mol. The number of hydrogen-bond donors (Lipinski definition) is 3. The minimum Gasteiger partial charge on any atom is -0.493 e. The number of benzene rings is 1. The number of nitrogens with one attached hydrogen (secondary N) is 3. The number of hydrazine groups is 1. The number of rotatable bonds is 5. The van der Waals surface area contributed by atoms with Crippen molar-refractivity contribution in [2.24, 2.45) is 11.8 Å². The third-order valence-electron chi connectivity index (χ3n) is 4.93. The second-order valence-electron chi connectivity index (χ2n) is 6.94. The summed E-state index contributed by atoms with van der Waals surface area (Å²) >= 11 is 5.28. The molecule has 3 atom stereocenters. The normalized spacial score (nSPS) is 22.8. The van der Waals surface area contributed by atoms with E-state index >= 15 is 0 Å². The van der Waals surface area contributed by atoms with Gasteiger partial charge in [-0.15, -0.1) is 0 Å². The molecule has 0 saturated heterocycles. The second kappa shape index (κ2) is 9.61. The van der Waals surface area contributed by atoms with Crippen LogP contribution in [-0.4, -0.2) is 23.7 Å². The van der Waals surface area contributed by atoms with Crippen LogP contribution in [0.3, 0.4) is 0 Å². The number of aryl methyl sites for hydroxylation is 1. The number of carbonyl (C=O) groups excluding carboxylic acids is 1. The fraction of sp³-hybridized carbons (Fsp3) is 0.579. The van der Waals surface area contributed by atoms with E-state index in [-0.39, 0.29) is 12.3 Å². The highest BCUT2D eigenvalue weighted by Crippen LogP contribution is 2.29. The van der Waals surface area contributed by atoms with Crippen LogP contribution in [0.25, 0.3) is 0 Å². The third-order valence-corrected chi connectivity index (χ3v) is 5.15. The molecule has 5 nitrogen and oxygen atoms in total.